The van der Waals surface area contributed by atoms with Gasteiger partial charge in [0.1, 0.15) is 0 Å². The Bertz CT molecular complexity index is 431. The van der Waals surface area contributed by atoms with E-state index < -0.39 is 0 Å². The first-order valence-corrected chi connectivity index (χ1v) is 5.78. The van der Waals surface area contributed by atoms with Crippen LogP contribution in [0.5, 0.6) is 0 Å². The molecule has 1 aromatic carbocycles. The predicted octanol–water partition coefficient (Wildman–Crippen LogP) is 1.35. The monoisotopic (exact) mass is 268 g/mol. The number of hydrogen-bond donors (Lipinski definition) is 2. The van der Waals surface area contributed by atoms with E-state index in [2.05, 4.69) is 10.6 Å². The average Bonchev–Trinajstić information content (AvgIpc) is 2.31. The SMILES string of the molecule is CNCc1ccc(C2CCC(=O)NC2=O)cc1.Cl. The molecule has 1 aromatic rings. The lowest BCUT2D eigenvalue weighted by molar-refractivity contribution is -0.134. The average molecular weight is 269 g/mol. The Morgan fingerprint density at radius 3 is 2.50 bits per heavy atom. The van der Waals surface area contributed by atoms with Crippen LogP contribution < -0.4 is 10.6 Å². The molecule has 2 N–H and O–H groups in total. The summed E-state index contributed by atoms with van der Waals surface area (Å²) in [7, 11) is 1.90. The number of nitrogens with one attached hydrogen (secondary N) is 2. The van der Waals surface area contributed by atoms with Crippen LogP contribution in [0.4, 0.5) is 0 Å². The van der Waals surface area contributed by atoms with Gasteiger partial charge in [-0.25, -0.2) is 0 Å². The topological polar surface area (TPSA) is 58.2 Å². The van der Waals surface area contributed by atoms with Gasteiger partial charge in [0, 0.05) is 13.0 Å². The number of carbonyl (C=O) groups is 2. The number of benzene rings is 1. The summed E-state index contributed by atoms with van der Waals surface area (Å²) in [5, 5.41) is 5.45. The fourth-order valence-corrected chi connectivity index (χ4v) is 2.08. The molecule has 1 aliphatic rings. The molecule has 1 atom stereocenters. The predicted molar refractivity (Wildman–Crippen MR) is 71.6 cm³/mol. The minimum absolute atomic E-state index is 0. The van der Waals surface area contributed by atoms with Crippen molar-refractivity contribution < 1.29 is 9.59 Å². The summed E-state index contributed by atoms with van der Waals surface area (Å²) >= 11 is 0. The summed E-state index contributed by atoms with van der Waals surface area (Å²) in [6, 6.07) is 7.95. The second-order valence-electron chi connectivity index (χ2n) is 4.28. The first kappa shape index (κ1) is 14.7. The number of rotatable bonds is 3. The van der Waals surface area contributed by atoms with Gasteiger partial charge in [0.2, 0.25) is 11.8 Å². The molecule has 0 aliphatic carbocycles. The highest BCUT2D eigenvalue weighted by Gasteiger charge is 2.27. The van der Waals surface area contributed by atoms with Crippen molar-refractivity contribution in [3.63, 3.8) is 0 Å². The molecule has 0 spiro atoms. The number of halogens is 1. The molecule has 0 aromatic heterocycles. The third-order valence-electron chi connectivity index (χ3n) is 3.00. The zero-order valence-corrected chi connectivity index (χ0v) is 11.0. The molecule has 1 heterocycles. The largest absolute Gasteiger partial charge is 0.316 e. The van der Waals surface area contributed by atoms with Gasteiger partial charge >= 0.3 is 0 Å². The van der Waals surface area contributed by atoms with Gasteiger partial charge < -0.3 is 5.32 Å². The van der Waals surface area contributed by atoms with Crippen LogP contribution in [-0.4, -0.2) is 18.9 Å². The zero-order chi connectivity index (χ0) is 12.3. The summed E-state index contributed by atoms with van der Waals surface area (Å²) < 4.78 is 0. The summed E-state index contributed by atoms with van der Waals surface area (Å²) in [5.41, 5.74) is 2.17. The lowest BCUT2D eigenvalue weighted by Crippen LogP contribution is -2.39. The van der Waals surface area contributed by atoms with Gasteiger partial charge in [-0.1, -0.05) is 24.3 Å². The van der Waals surface area contributed by atoms with Crippen LogP contribution in [0.15, 0.2) is 24.3 Å². The Morgan fingerprint density at radius 2 is 1.94 bits per heavy atom. The molecule has 1 fully saturated rings. The molecule has 1 aliphatic heterocycles. The molecule has 1 saturated heterocycles. The van der Waals surface area contributed by atoms with Crippen LogP contribution in [0.3, 0.4) is 0 Å². The van der Waals surface area contributed by atoms with E-state index in [9.17, 15) is 9.59 Å². The first-order valence-electron chi connectivity index (χ1n) is 5.78. The van der Waals surface area contributed by atoms with Crippen LogP contribution >= 0.6 is 12.4 Å². The van der Waals surface area contributed by atoms with E-state index in [-0.39, 0.29) is 30.1 Å². The number of piperidine rings is 1. The molecule has 2 rings (SSSR count). The normalized spacial score (nSPS) is 19.1. The van der Waals surface area contributed by atoms with Crippen molar-refractivity contribution in [3.8, 4) is 0 Å². The Labute approximate surface area is 113 Å². The van der Waals surface area contributed by atoms with Crippen molar-refractivity contribution in [2.24, 2.45) is 0 Å². The second kappa shape index (κ2) is 6.52. The molecule has 0 radical (unpaired) electrons. The smallest absolute Gasteiger partial charge is 0.234 e. The Morgan fingerprint density at radius 1 is 1.28 bits per heavy atom. The number of imide groups is 1. The molecule has 4 nitrogen and oxygen atoms in total. The van der Waals surface area contributed by atoms with Crippen LogP contribution in [-0.2, 0) is 16.1 Å². The zero-order valence-electron chi connectivity index (χ0n) is 10.2. The maximum atomic E-state index is 11.7. The van der Waals surface area contributed by atoms with E-state index >= 15 is 0 Å². The lowest BCUT2D eigenvalue weighted by atomic mass is 9.90. The van der Waals surface area contributed by atoms with Crippen LogP contribution in [0, 0.1) is 0 Å². The quantitative estimate of drug-likeness (QED) is 0.814. The van der Waals surface area contributed by atoms with Crippen molar-refractivity contribution in [1.82, 2.24) is 10.6 Å². The summed E-state index contributed by atoms with van der Waals surface area (Å²) in [6.07, 6.45) is 1.03. The van der Waals surface area contributed by atoms with E-state index in [0.717, 1.165) is 12.1 Å². The number of amides is 2. The van der Waals surface area contributed by atoms with Crippen molar-refractivity contribution >= 4 is 24.2 Å². The molecule has 2 amide bonds. The van der Waals surface area contributed by atoms with Crippen molar-refractivity contribution in [3.05, 3.63) is 35.4 Å². The van der Waals surface area contributed by atoms with Gasteiger partial charge in [0.15, 0.2) is 0 Å². The molecule has 0 bridgehead atoms. The summed E-state index contributed by atoms with van der Waals surface area (Å²) in [4.78, 5) is 22.7. The molecule has 0 saturated carbocycles. The minimum Gasteiger partial charge on any atom is -0.316 e. The second-order valence-corrected chi connectivity index (χ2v) is 4.28. The van der Waals surface area contributed by atoms with Crippen LogP contribution in [0.1, 0.15) is 29.9 Å². The van der Waals surface area contributed by atoms with Gasteiger partial charge in [0.05, 0.1) is 5.92 Å². The van der Waals surface area contributed by atoms with E-state index in [0.29, 0.717) is 12.8 Å². The third-order valence-corrected chi connectivity index (χ3v) is 3.00. The Kier molecular flexibility index (Phi) is 5.31. The summed E-state index contributed by atoms with van der Waals surface area (Å²) in [5.74, 6) is -0.531. The van der Waals surface area contributed by atoms with Crippen molar-refractivity contribution in [2.45, 2.75) is 25.3 Å². The van der Waals surface area contributed by atoms with Crippen LogP contribution in [0.2, 0.25) is 0 Å². The standard InChI is InChI=1S/C13H16N2O2.ClH/c1-14-8-9-2-4-10(5-3-9)11-6-7-12(16)15-13(11)17;/h2-5,11,14H,6-8H2,1H3,(H,15,16,17);1H. The maximum absolute atomic E-state index is 11.7. The molecule has 5 heteroatoms. The fourth-order valence-electron chi connectivity index (χ4n) is 2.08. The highest BCUT2D eigenvalue weighted by Crippen LogP contribution is 2.24. The van der Waals surface area contributed by atoms with Gasteiger partial charge in [-0.05, 0) is 24.6 Å². The Hall–Kier alpha value is -1.39. The molecule has 18 heavy (non-hydrogen) atoms. The molecular formula is C13H17ClN2O2. The lowest BCUT2D eigenvalue weighted by Gasteiger charge is -2.21. The molecular weight excluding hydrogens is 252 g/mol. The summed E-state index contributed by atoms with van der Waals surface area (Å²) in [6.45, 7) is 0.815. The molecule has 98 valence electrons. The highest BCUT2D eigenvalue weighted by molar-refractivity contribution is 6.00. The van der Waals surface area contributed by atoms with Gasteiger partial charge in [-0.2, -0.15) is 0 Å². The third kappa shape index (κ3) is 3.31. The van der Waals surface area contributed by atoms with Gasteiger partial charge in [-0.15, -0.1) is 12.4 Å². The highest BCUT2D eigenvalue weighted by atomic mass is 35.5. The van der Waals surface area contributed by atoms with Gasteiger partial charge in [0.25, 0.3) is 0 Å². The fraction of sp³-hybridized carbons (Fsp3) is 0.385. The first-order chi connectivity index (χ1) is 8.20. The minimum atomic E-state index is -0.184. The van der Waals surface area contributed by atoms with Gasteiger partial charge in [-0.3, -0.25) is 14.9 Å². The van der Waals surface area contributed by atoms with E-state index in [1.54, 1.807) is 0 Å². The van der Waals surface area contributed by atoms with Crippen molar-refractivity contribution in [1.29, 1.82) is 0 Å². The van der Waals surface area contributed by atoms with E-state index in [4.69, 9.17) is 0 Å². The molecule has 1 unspecified atom stereocenters. The van der Waals surface area contributed by atoms with Crippen molar-refractivity contribution in [2.75, 3.05) is 7.05 Å². The number of hydrogen-bond acceptors (Lipinski definition) is 3. The maximum Gasteiger partial charge on any atom is 0.234 e. The van der Waals surface area contributed by atoms with E-state index in [1.807, 2.05) is 31.3 Å². The van der Waals surface area contributed by atoms with Crippen LogP contribution in [0.25, 0.3) is 0 Å². The number of carbonyl (C=O) groups excluding carboxylic acids is 2. The Balaban J connectivity index is 0.00000162. The van der Waals surface area contributed by atoms with E-state index in [1.165, 1.54) is 5.56 Å².